The third-order valence-electron chi connectivity index (χ3n) is 7.18. The fraction of sp³-hybridized carbons (Fsp3) is 0.296. The summed E-state index contributed by atoms with van der Waals surface area (Å²) >= 11 is 1.25. The van der Waals surface area contributed by atoms with E-state index >= 15 is 0 Å². The fourth-order valence-corrected chi connectivity index (χ4v) is 6.93. The molecular formula is C27H25FN6O2S2. The van der Waals surface area contributed by atoms with Crippen molar-refractivity contribution in [2.24, 2.45) is 0 Å². The summed E-state index contributed by atoms with van der Waals surface area (Å²) in [5.74, 6) is 0.287. The smallest absolute Gasteiger partial charge is 0.258 e. The summed E-state index contributed by atoms with van der Waals surface area (Å²) < 4.78 is 35.4. The highest BCUT2D eigenvalue weighted by atomic mass is 32.2. The molecule has 2 aromatic heterocycles. The van der Waals surface area contributed by atoms with Crippen LogP contribution in [0.25, 0.3) is 22.0 Å². The Morgan fingerprint density at radius 2 is 1.87 bits per heavy atom. The zero-order valence-electron chi connectivity index (χ0n) is 20.7. The van der Waals surface area contributed by atoms with Gasteiger partial charge in [-0.2, -0.15) is 5.26 Å². The number of halogens is 1. The molecule has 1 saturated carbocycles. The van der Waals surface area contributed by atoms with E-state index in [2.05, 4.69) is 11.0 Å². The molecule has 0 amide bonds. The van der Waals surface area contributed by atoms with Gasteiger partial charge >= 0.3 is 0 Å². The van der Waals surface area contributed by atoms with Crippen LogP contribution in [0.2, 0.25) is 0 Å². The Morgan fingerprint density at radius 1 is 1.16 bits per heavy atom. The maximum absolute atomic E-state index is 13.5. The van der Waals surface area contributed by atoms with Crippen LogP contribution in [-0.2, 0) is 9.73 Å². The Hall–Kier alpha value is -3.75. The summed E-state index contributed by atoms with van der Waals surface area (Å²) in [4.78, 5) is 22.6. The maximum Gasteiger partial charge on any atom is 0.258 e. The van der Waals surface area contributed by atoms with Gasteiger partial charge in [0.2, 0.25) is 0 Å². The average Bonchev–Trinajstić information content (AvgIpc) is 3.66. The third-order valence-corrected chi connectivity index (χ3v) is 9.90. The van der Waals surface area contributed by atoms with Gasteiger partial charge in [0.25, 0.3) is 5.56 Å². The highest BCUT2D eigenvalue weighted by Gasteiger charge is 2.28. The molecule has 1 aliphatic heterocycles. The van der Waals surface area contributed by atoms with Gasteiger partial charge in [-0.15, -0.1) is 0 Å². The molecule has 0 spiro atoms. The minimum absolute atomic E-state index is 0.0390. The number of rotatable bonds is 5. The minimum Gasteiger partial charge on any atom is -0.370 e. The predicted molar refractivity (Wildman–Crippen MR) is 150 cm³/mol. The molecule has 4 aromatic rings. The first-order valence-corrected chi connectivity index (χ1v) is 15.0. The van der Waals surface area contributed by atoms with Gasteiger partial charge in [-0.1, -0.05) is 11.3 Å². The quantitative estimate of drug-likeness (QED) is 0.372. The van der Waals surface area contributed by atoms with E-state index in [9.17, 15) is 18.7 Å². The number of nitrogens with zero attached hydrogens (tertiary/aromatic N) is 5. The Bertz CT molecular complexity index is 1750. The van der Waals surface area contributed by atoms with Crippen molar-refractivity contribution >= 4 is 48.3 Å². The van der Waals surface area contributed by atoms with Gasteiger partial charge in [0, 0.05) is 75.6 Å². The second-order valence-electron chi connectivity index (χ2n) is 9.75. The zero-order valence-corrected chi connectivity index (χ0v) is 22.3. The van der Waals surface area contributed by atoms with Crippen LogP contribution in [0, 0.1) is 21.9 Å². The first-order valence-electron chi connectivity index (χ1n) is 12.3. The van der Waals surface area contributed by atoms with Gasteiger partial charge in [-0.3, -0.25) is 9.57 Å². The zero-order chi connectivity index (χ0) is 26.6. The van der Waals surface area contributed by atoms with Crippen LogP contribution in [0.1, 0.15) is 23.8 Å². The monoisotopic (exact) mass is 548 g/mol. The summed E-state index contributed by atoms with van der Waals surface area (Å²) in [6.07, 6.45) is 3.79. The summed E-state index contributed by atoms with van der Waals surface area (Å²) in [6.45, 7) is 1.05. The molecule has 194 valence electrons. The van der Waals surface area contributed by atoms with E-state index in [1.165, 1.54) is 23.5 Å². The lowest BCUT2D eigenvalue weighted by atomic mass is 10.1. The molecule has 11 heteroatoms. The largest absolute Gasteiger partial charge is 0.370 e. The van der Waals surface area contributed by atoms with Crippen molar-refractivity contribution in [2.45, 2.75) is 18.9 Å². The number of benzene rings is 2. The lowest BCUT2D eigenvalue weighted by Gasteiger charge is -2.30. The Morgan fingerprint density at radius 3 is 2.53 bits per heavy atom. The summed E-state index contributed by atoms with van der Waals surface area (Å²) in [5.41, 5.74) is 2.81. The molecule has 2 aliphatic rings. The van der Waals surface area contributed by atoms with Gasteiger partial charge in [0.15, 0.2) is 5.13 Å². The first-order chi connectivity index (χ1) is 18.2. The molecular weight excluding hydrogens is 523 g/mol. The molecule has 6 rings (SSSR count). The molecule has 0 radical (unpaired) electrons. The van der Waals surface area contributed by atoms with Crippen molar-refractivity contribution in [2.75, 3.05) is 41.4 Å². The van der Waals surface area contributed by atoms with E-state index < -0.39 is 9.73 Å². The minimum atomic E-state index is -2.53. The van der Waals surface area contributed by atoms with E-state index in [1.54, 1.807) is 16.7 Å². The molecule has 2 fully saturated rings. The second-order valence-corrected chi connectivity index (χ2v) is 13.2. The number of aromatic nitrogens is 2. The third kappa shape index (κ3) is 4.44. The van der Waals surface area contributed by atoms with Gasteiger partial charge in [-0.05, 0) is 55.3 Å². The Labute approximate surface area is 223 Å². The normalized spacial score (nSPS) is 16.9. The standard InChI is InChI=1S/C27H25FN6O2S2/c1-32(27-31-25(24(15-29)37-27)17-2-4-18(28)5-3-17)23-16-34(19-6-7-19)26(35)21-9-8-20(14-22(21)23)33-10-12-38(30,36)13-11-33/h2-5,8-9,14,16,19,30H,6-7,10-13H2,1H3. The topological polar surface area (TPSA) is 106 Å². The van der Waals surface area contributed by atoms with E-state index in [1.807, 2.05) is 36.3 Å². The summed E-state index contributed by atoms with van der Waals surface area (Å²) in [5, 5.41) is 11.7. The Balaban J connectivity index is 1.47. The van der Waals surface area contributed by atoms with Crippen molar-refractivity contribution in [3.8, 4) is 17.3 Å². The van der Waals surface area contributed by atoms with Crippen molar-refractivity contribution in [1.29, 1.82) is 10.0 Å². The van der Waals surface area contributed by atoms with Gasteiger partial charge in [0.05, 0.1) is 5.69 Å². The van der Waals surface area contributed by atoms with Crippen molar-refractivity contribution in [3.05, 3.63) is 69.7 Å². The predicted octanol–water partition coefficient (Wildman–Crippen LogP) is 5.11. The number of thiazole rings is 1. The SMILES string of the molecule is CN(c1nc(-c2ccc(F)cc2)c(C#N)s1)c1cn(C2CC2)c(=O)c2ccc(N3CCS(=N)(=O)CC3)cc12. The number of nitrogens with one attached hydrogen (secondary N) is 1. The van der Waals surface area contributed by atoms with Crippen LogP contribution < -0.4 is 15.4 Å². The van der Waals surface area contributed by atoms with Gasteiger partial charge < -0.3 is 14.4 Å². The van der Waals surface area contributed by atoms with Gasteiger partial charge in [0.1, 0.15) is 22.5 Å². The summed E-state index contributed by atoms with van der Waals surface area (Å²) in [6, 6.07) is 14.1. The molecule has 0 unspecified atom stereocenters. The van der Waals surface area contributed by atoms with E-state index in [0.717, 1.165) is 29.6 Å². The van der Waals surface area contributed by atoms with Crippen LogP contribution in [-0.4, -0.2) is 45.4 Å². The van der Waals surface area contributed by atoms with Gasteiger partial charge in [-0.25, -0.2) is 13.6 Å². The van der Waals surface area contributed by atoms with Crippen LogP contribution >= 0.6 is 11.3 Å². The van der Waals surface area contributed by atoms with E-state index in [-0.39, 0.29) is 17.4 Å². The lowest BCUT2D eigenvalue weighted by molar-refractivity contribution is 0.628. The highest BCUT2D eigenvalue weighted by molar-refractivity contribution is 7.92. The molecule has 38 heavy (non-hydrogen) atoms. The molecule has 2 aromatic carbocycles. The molecule has 1 aliphatic carbocycles. The number of hydrogen-bond donors (Lipinski definition) is 1. The first kappa shape index (κ1) is 24.6. The van der Waals surface area contributed by atoms with Crippen molar-refractivity contribution in [3.63, 3.8) is 0 Å². The van der Waals surface area contributed by atoms with E-state index in [4.69, 9.17) is 9.76 Å². The lowest BCUT2D eigenvalue weighted by Crippen LogP contribution is -2.39. The van der Waals surface area contributed by atoms with Crippen molar-refractivity contribution in [1.82, 2.24) is 9.55 Å². The van der Waals surface area contributed by atoms with Crippen molar-refractivity contribution < 1.29 is 8.60 Å². The van der Waals surface area contributed by atoms with Crippen LogP contribution in [0.3, 0.4) is 0 Å². The maximum atomic E-state index is 13.5. The van der Waals surface area contributed by atoms with Crippen LogP contribution in [0.4, 0.5) is 20.9 Å². The average molecular weight is 549 g/mol. The highest BCUT2D eigenvalue weighted by Crippen LogP contribution is 2.40. The second kappa shape index (κ2) is 9.22. The molecule has 0 atom stereocenters. The number of anilines is 3. The summed E-state index contributed by atoms with van der Waals surface area (Å²) in [7, 11) is -0.657. The molecule has 0 bridgehead atoms. The Kier molecular flexibility index (Phi) is 5.96. The molecule has 3 heterocycles. The number of hydrogen-bond acceptors (Lipinski definition) is 8. The van der Waals surface area contributed by atoms with Crippen LogP contribution in [0.15, 0.2) is 53.5 Å². The van der Waals surface area contributed by atoms with E-state index in [0.29, 0.717) is 51.2 Å². The molecule has 8 nitrogen and oxygen atoms in total. The fourth-order valence-electron chi connectivity index (χ4n) is 4.84. The molecule has 1 saturated heterocycles. The molecule has 1 N–H and O–H groups in total. The van der Waals surface area contributed by atoms with Crippen LogP contribution in [0.5, 0.6) is 0 Å². The number of pyridine rings is 1. The number of fused-ring (bicyclic) bond motifs is 1. The number of nitriles is 1.